The largest absolute Gasteiger partial charge is 0.351 e. The maximum absolute atomic E-state index is 13.1. The van der Waals surface area contributed by atoms with Crippen molar-refractivity contribution < 1.29 is 9.59 Å². The van der Waals surface area contributed by atoms with Gasteiger partial charge in [0.15, 0.2) is 0 Å². The molecule has 1 aromatic rings. The molecule has 0 spiro atoms. The van der Waals surface area contributed by atoms with Crippen LogP contribution in [0.25, 0.3) is 0 Å². The molecule has 0 unspecified atom stereocenters. The van der Waals surface area contributed by atoms with Crippen LogP contribution in [0.3, 0.4) is 0 Å². The molecule has 2 amide bonds. The van der Waals surface area contributed by atoms with Crippen LogP contribution in [-0.4, -0.2) is 53.8 Å². The van der Waals surface area contributed by atoms with Crippen molar-refractivity contribution in [3.8, 4) is 0 Å². The summed E-state index contributed by atoms with van der Waals surface area (Å²) in [5.41, 5.74) is 1.14. The van der Waals surface area contributed by atoms with Crippen molar-refractivity contribution in [3.05, 3.63) is 35.9 Å². The fraction of sp³-hybridized carbons (Fsp3) is 0.652. The van der Waals surface area contributed by atoms with Crippen LogP contribution in [0.5, 0.6) is 0 Å². The predicted molar refractivity (Wildman–Crippen MR) is 110 cm³/mol. The van der Waals surface area contributed by atoms with Gasteiger partial charge in [-0.25, -0.2) is 0 Å². The van der Waals surface area contributed by atoms with E-state index >= 15 is 0 Å². The quantitative estimate of drug-likeness (QED) is 0.822. The van der Waals surface area contributed by atoms with Gasteiger partial charge in [-0.2, -0.15) is 0 Å². The van der Waals surface area contributed by atoms with E-state index in [9.17, 15) is 9.59 Å². The molecule has 1 N–H and O–H groups in total. The number of hydrogen-bond acceptors (Lipinski definition) is 3. The summed E-state index contributed by atoms with van der Waals surface area (Å²) < 4.78 is 0. The highest BCUT2D eigenvalue weighted by molar-refractivity contribution is 5.82. The molecular weight excluding hydrogens is 350 g/mol. The van der Waals surface area contributed by atoms with Gasteiger partial charge in [0.1, 0.15) is 0 Å². The van der Waals surface area contributed by atoms with Gasteiger partial charge in [-0.1, -0.05) is 49.6 Å². The van der Waals surface area contributed by atoms with E-state index in [0.717, 1.165) is 57.4 Å². The minimum absolute atomic E-state index is 0.0489. The van der Waals surface area contributed by atoms with Gasteiger partial charge in [0, 0.05) is 38.6 Å². The second-order valence-electron chi connectivity index (χ2n) is 8.68. The Balaban J connectivity index is 1.36. The molecule has 3 fully saturated rings. The van der Waals surface area contributed by atoms with Crippen molar-refractivity contribution in [2.75, 3.05) is 26.2 Å². The number of carbonyl (C=O) groups is 2. The van der Waals surface area contributed by atoms with Crippen molar-refractivity contribution >= 4 is 11.8 Å². The zero-order valence-corrected chi connectivity index (χ0v) is 16.8. The summed E-state index contributed by atoms with van der Waals surface area (Å²) in [5, 5.41) is 3.18. The van der Waals surface area contributed by atoms with Gasteiger partial charge >= 0.3 is 0 Å². The highest BCUT2D eigenvalue weighted by Crippen LogP contribution is 2.32. The second kappa shape index (κ2) is 9.08. The lowest BCUT2D eigenvalue weighted by Crippen LogP contribution is -2.58. The normalized spacial score (nSPS) is 22.6. The first-order chi connectivity index (χ1) is 13.7. The van der Waals surface area contributed by atoms with Gasteiger partial charge in [0.25, 0.3) is 0 Å². The summed E-state index contributed by atoms with van der Waals surface area (Å²) in [6.45, 7) is 3.76. The van der Waals surface area contributed by atoms with Crippen molar-refractivity contribution in [1.82, 2.24) is 15.1 Å². The summed E-state index contributed by atoms with van der Waals surface area (Å²) in [6.07, 6.45) is 8.06. The summed E-state index contributed by atoms with van der Waals surface area (Å²) >= 11 is 0. The van der Waals surface area contributed by atoms with E-state index in [1.54, 1.807) is 0 Å². The van der Waals surface area contributed by atoms with E-state index in [0.29, 0.717) is 18.4 Å². The minimum Gasteiger partial charge on any atom is -0.351 e. The van der Waals surface area contributed by atoms with Crippen molar-refractivity contribution in [2.45, 2.75) is 57.5 Å². The third kappa shape index (κ3) is 4.40. The third-order valence-electron chi connectivity index (χ3n) is 6.90. The first kappa shape index (κ1) is 19.4. The Labute approximate surface area is 168 Å². The highest BCUT2D eigenvalue weighted by atomic mass is 16.2. The average Bonchev–Trinajstić information content (AvgIpc) is 3.21. The molecule has 1 heterocycles. The number of nitrogens with one attached hydrogen (secondary N) is 1. The van der Waals surface area contributed by atoms with E-state index in [-0.39, 0.29) is 17.9 Å². The standard InChI is InChI=1S/C23H33N3O2/c27-22(24-17-18-7-2-1-3-8-18)21(19-9-4-5-10-19)25-13-15-26(16-14-25)23(28)20-11-6-12-20/h1-3,7-8,19-21H,4-6,9-17H2,(H,24,27)/t21-/m1/s1. The predicted octanol–water partition coefficient (Wildman–Crippen LogP) is 2.81. The van der Waals surface area contributed by atoms with Crippen LogP contribution in [0, 0.1) is 11.8 Å². The first-order valence-corrected chi connectivity index (χ1v) is 11.1. The molecule has 3 aliphatic rings. The van der Waals surface area contributed by atoms with E-state index in [1.807, 2.05) is 23.1 Å². The van der Waals surface area contributed by atoms with E-state index in [1.165, 1.54) is 19.3 Å². The number of hydrogen-bond donors (Lipinski definition) is 1. The average molecular weight is 384 g/mol. The Kier molecular flexibility index (Phi) is 6.30. The van der Waals surface area contributed by atoms with Crippen LogP contribution in [-0.2, 0) is 16.1 Å². The van der Waals surface area contributed by atoms with Crippen LogP contribution < -0.4 is 5.32 Å². The molecule has 1 aliphatic heterocycles. The fourth-order valence-electron chi connectivity index (χ4n) is 4.97. The topological polar surface area (TPSA) is 52.7 Å². The molecule has 2 saturated carbocycles. The van der Waals surface area contributed by atoms with Crippen LogP contribution in [0.1, 0.15) is 50.5 Å². The van der Waals surface area contributed by atoms with Crippen LogP contribution in [0.15, 0.2) is 30.3 Å². The molecule has 5 nitrogen and oxygen atoms in total. The van der Waals surface area contributed by atoms with E-state index in [2.05, 4.69) is 22.3 Å². The number of amides is 2. The molecule has 0 bridgehead atoms. The summed E-state index contributed by atoms with van der Waals surface area (Å²) in [7, 11) is 0. The summed E-state index contributed by atoms with van der Waals surface area (Å²) in [6, 6.07) is 10.1. The molecule has 1 atom stereocenters. The van der Waals surface area contributed by atoms with Gasteiger partial charge in [-0.3, -0.25) is 14.5 Å². The first-order valence-electron chi connectivity index (χ1n) is 11.1. The zero-order valence-electron chi connectivity index (χ0n) is 16.8. The molecule has 2 aliphatic carbocycles. The molecule has 4 rings (SSSR count). The van der Waals surface area contributed by atoms with Crippen LogP contribution >= 0.6 is 0 Å². The Morgan fingerprint density at radius 3 is 2.21 bits per heavy atom. The monoisotopic (exact) mass is 383 g/mol. The summed E-state index contributed by atoms with van der Waals surface area (Å²) in [4.78, 5) is 30.1. The van der Waals surface area contributed by atoms with Crippen LogP contribution in [0.2, 0.25) is 0 Å². The van der Waals surface area contributed by atoms with Gasteiger partial charge in [0.05, 0.1) is 6.04 Å². The second-order valence-corrected chi connectivity index (χ2v) is 8.68. The zero-order chi connectivity index (χ0) is 19.3. The Morgan fingerprint density at radius 2 is 1.61 bits per heavy atom. The third-order valence-corrected chi connectivity index (χ3v) is 6.90. The van der Waals surface area contributed by atoms with E-state index in [4.69, 9.17) is 0 Å². The highest BCUT2D eigenvalue weighted by Gasteiger charge is 2.38. The van der Waals surface area contributed by atoms with Crippen LogP contribution in [0.4, 0.5) is 0 Å². The Bertz CT molecular complexity index is 660. The van der Waals surface area contributed by atoms with E-state index < -0.39 is 0 Å². The van der Waals surface area contributed by atoms with Gasteiger partial charge in [-0.05, 0) is 37.2 Å². The smallest absolute Gasteiger partial charge is 0.237 e. The SMILES string of the molecule is O=C(NCc1ccccc1)[C@@H](C1CCCC1)N1CCN(C(=O)C2CCC2)CC1. The lowest BCUT2D eigenvalue weighted by Gasteiger charge is -2.42. The lowest BCUT2D eigenvalue weighted by molar-refractivity contribution is -0.141. The number of piperazine rings is 1. The number of carbonyl (C=O) groups excluding carboxylic acids is 2. The van der Waals surface area contributed by atoms with Gasteiger partial charge < -0.3 is 10.2 Å². The Morgan fingerprint density at radius 1 is 0.929 bits per heavy atom. The van der Waals surface area contributed by atoms with Crippen molar-refractivity contribution in [1.29, 1.82) is 0 Å². The minimum atomic E-state index is -0.0489. The molecule has 1 saturated heterocycles. The maximum Gasteiger partial charge on any atom is 0.237 e. The number of rotatable bonds is 6. The Hall–Kier alpha value is -1.88. The molecule has 28 heavy (non-hydrogen) atoms. The molecule has 0 radical (unpaired) electrons. The maximum atomic E-state index is 13.1. The molecule has 152 valence electrons. The number of nitrogens with zero attached hydrogens (tertiary/aromatic N) is 2. The van der Waals surface area contributed by atoms with Gasteiger partial charge in [-0.15, -0.1) is 0 Å². The lowest BCUT2D eigenvalue weighted by atomic mass is 9.84. The summed E-state index contributed by atoms with van der Waals surface area (Å²) in [5.74, 6) is 1.22. The van der Waals surface area contributed by atoms with Gasteiger partial charge in [0.2, 0.25) is 11.8 Å². The molecular formula is C23H33N3O2. The van der Waals surface area contributed by atoms with Crippen molar-refractivity contribution in [2.24, 2.45) is 11.8 Å². The fourth-order valence-corrected chi connectivity index (χ4v) is 4.97. The molecule has 0 aromatic heterocycles. The number of benzene rings is 1. The van der Waals surface area contributed by atoms with Crippen molar-refractivity contribution in [3.63, 3.8) is 0 Å². The molecule has 5 heteroatoms. The molecule has 1 aromatic carbocycles.